The van der Waals surface area contributed by atoms with Gasteiger partial charge < -0.3 is 10.2 Å². The molecule has 4 heteroatoms. The Hall–Kier alpha value is -2.62. The van der Waals surface area contributed by atoms with Crippen molar-refractivity contribution in [2.75, 3.05) is 12.4 Å². The van der Waals surface area contributed by atoms with Crippen molar-refractivity contribution in [3.63, 3.8) is 0 Å². The number of hydrogen-bond donors (Lipinski definition) is 1. The molecule has 126 valence electrons. The Bertz CT molecular complexity index is 716. The van der Waals surface area contributed by atoms with Gasteiger partial charge in [-0.2, -0.15) is 0 Å². The van der Waals surface area contributed by atoms with Gasteiger partial charge in [0.15, 0.2) is 0 Å². The van der Waals surface area contributed by atoms with Crippen LogP contribution >= 0.6 is 0 Å². The number of rotatable bonds is 5. The minimum Gasteiger partial charge on any atom is -0.341 e. The van der Waals surface area contributed by atoms with Crippen molar-refractivity contribution in [3.05, 3.63) is 64.7 Å². The normalized spacial score (nSPS) is 10.3. The molecule has 2 amide bonds. The molecule has 0 aliphatic carbocycles. The van der Waals surface area contributed by atoms with E-state index in [-0.39, 0.29) is 18.2 Å². The first-order chi connectivity index (χ1) is 11.4. The third-order valence-electron chi connectivity index (χ3n) is 3.94. The Kier molecular flexibility index (Phi) is 5.74. The largest absolute Gasteiger partial charge is 0.341 e. The fourth-order valence-corrected chi connectivity index (χ4v) is 2.78. The summed E-state index contributed by atoms with van der Waals surface area (Å²) >= 11 is 0. The Morgan fingerprint density at radius 2 is 1.58 bits per heavy atom. The lowest BCUT2D eigenvalue weighted by molar-refractivity contribution is -0.134. The monoisotopic (exact) mass is 324 g/mol. The fourth-order valence-electron chi connectivity index (χ4n) is 2.78. The smallest absolute Gasteiger partial charge is 0.233 e. The van der Waals surface area contributed by atoms with Gasteiger partial charge in [0.1, 0.15) is 6.42 Å². The highest BCUT2D eigenvalue weighted by Crippen LogP contribution is 2.22. The maximum absolute atomic E-state index is 12.2. The predicted octanol–water partition coefficient (Wildman–Crippen LogP) is 3.60. The number of nitrogens with one attached hydrogen (secondary N) is 1. The van der Waals surface area contributed by atoms with E-state index in [0.717, 1.165) is 27.9 Å². The van der Waals surface area contributed by atoms with E-state index in [9.17, 15) is 9.59 Å². The first-order valence-electron chi connectivity index (χ1n) is 8.02. The quantitative estimate of drug-likeness (QED) is 0.854. The van der Waals surface area contributed by atoms with Gasteiger partial charge in [0.25, 0.3) is 0 Å². The number of anilines is 1. The Labute approximate surface area is 143 Å². The highest BCUT2D eigenvalue weighted by atomic mass is 16.2. The van der Waals surface area contributed by atoms with Crippen LogP contribution in [0.3, 0.4) is 0 Å². The number of nitrogens with zero attached hydrogens (tertiary/aromatic N) is 1. The summed E-state index contributed by atoms with van der Waals surface area (Å²) in [5.74, 6) is -0.478. The molecule has 0 bridgehead atoms. The Morgan fingerprint density at radius 3 is 2.17 bits per heavy atom. The second kappa shape index (κ2) is 7.77. The van der Waals surface area contributed by atoms with Crippen molar-refractivity contribution in [3.8, 4) is 0 Å². The van der Waals surface area contributed by atoms with Crippen molar-refractivity contribution in [2.24, 2.45) is 0 Å². The first kappa shape index (κ1) is 17.7. The van der Waals surface area contributed by atoms with Gasteiger partial charge >= 0.3 is 0 Å². The van der Waals surface area contributed by atoms with Gasteiger partial charge in [0.05, 0.1) is 0 Å². The zero-order chi connectivity index (χ0) is 17.7. The predicted molar refractivity (Wildman–Crippen MR) is 96.8 cm³/mol. The zero-order valence-electron chi connectivity index (χ0n) is 14.7. The maximum atomic E-state index is 12.2. The molecule has 4 nitrogen and oxygen atoms in total. The molecule has 0 aliphatic rings. The van der Waals surface area contributed by atoms with E-state index in [1.165, 1.54) is 0 Å². The van der Waals surface area contributed by atoms with E-state index < -0.39 is 0 Å². The van der Waals surface area contributed by atoms with Crippen molar-refractivity contribution in [1.82, 2.24) is 4.90 Å². The standard InChI is InChI=1S/C20H24N2O2/c1-14-10-15(2)20(16(3)11-14)21-18(23)12-19(24)22(4)13-17-8-6-5-7-9-17/h5-11H,12-13H2,1-4H3,(H,21,23). The molecule has 0 spiro atoms. The van der Waals surface area contributed by atoms with E-state index in [4.69, 9.17) is 0 Å². The molecule has 2 aromatic carbocycles. The van der Waals surface area contributed by atoms with Crippen LogP contribution in [0.5, 0.6) is 0 Å². The molecular weight excluding hydrogens is 300 g/mol. The maximum Gasteiger partial charge on any atom is 0.233 e. The summed E-state index contributed by atoms with van der Waals surface area (Å²) in [5, 5.41) is 2.87. The third kappa shape index (κ3) is 4.69. The molecule has 0 aliphatic heterocycles. The van der Waals surface area contributed by atoms with Crippen LogP contribution in [0.1, 0.15) is 28.7 Å². The number of amides is 2. The van der Waals surface area contributed by atoms with E-state index in [1.54, 1.807) is 11.9 Å². The first-order valence-corrected chi connectivity index (χ1v) is 8.02. The lowest BCUT2D eigenvalue weighted by Gasteiger charge is -2.18. The van der Waals surface area contributed by atoms with Gasteiger partial charge in [-0.3, -0.25) is 9.59 Å². The average molecular weight is 324 g/mol. The Balaban J connectivity index is 1.96. The summed E-state index contributed by atoms with van der Waals surface area (Å²) in [6.07, 6.45) is -0.157. The number of carbonyl (C=O) groups excluding carboxylic acids is 2. The molecule has 0 atom stereocenters. The highest BCUT2D eigenvalue weighted by molar-refractivity contribution is 6.04. The highest BCUT2D eigenvalue weighted by Gasteiger charge is 2.16. The topological polar surface area (TPSA) is 49.4 Å². The van der Waals surface area contributed by atoms with Crippen LogP contribution in [-0.4, -0.2) is 23.8 Å². The SMILES string of the molecule is Cc1cc(C)c(NC(=O)CC(=O)N(C)Cc2ccccc2)c(C)c1. The van der Waals surface area contributed by atoms with Crippen LogP contribution < -0.4 is 5.32 Å². The summed E-state index contributed by atoms with van der Waals surface area (Å²) in [4.78, 5) is 26.0. The van der Waals surface area contributed by atoms with Crippen LogP contribution in [0.15, 0.2) is 42.5 Å². The molecule has 0 fully saturated rings. The van der Waals surface area contributed by atoms with E-state index in [0.29, 0.717) is 6.54 Å². The third-order valence-corrected chi connectivity index (χ3v) is 3.94. The molecule has 2 aromatic rings. The Morgan fingerprint density at radius 1 is 1.00 bits per heavy atom. The van der Waals surface area contributed by atoms with Crippen LogP contribution in [0.2, 0.25) is 0 Å². The molecular formula is C20H24N2O2. The van der Waals surface area contributed by atoms with E-state index in [1.807, 2.05) is 63.2 Å². The van der Waals surface area contributed by atoms with Crippen molar-refractivity contribution in [1.29, 1.82) is 0 Å². The molecule has 0 unspecified atom stereocenters. The van der Waals surface area contributed by atoms with Crippen molar-refractivity contribution >= 4 is 17.5 Å². The molecule has 0 heterocycles. The van der Waals surface area contributed by atoms with Gasteiger partial charge in [-0.05, 0) is 37.5 Å². The van der Waals surface area contributed by atoms with Gasteiger partial charge in [-0.25, -0.2) is 0 Å². The zero-order valence-corrected chi connectivity index (χ0v) is 14.7. The van der Waals surface area contributed by atoms with E-state index in [2.05, 4.69) is 5.32 Å². The second-order valence-electron chi connectivity index (χ2n) is 6.23. The van der Waals surface area contributed by atoms with Gasteiger partial charge in [-0.1, -0.05) is 48.0 Å². The van der Waals surface area contributed by atoms with Gasteiger partial charge in [-0.15, -0.1) is 0 Å². The number of benzene rings is 2. The van der Waals surface area contributed by atoms with Crippen molar-refractivity contribution in [2.45, 2.75) is 33.7 Å². The van der Waals surface area contributed by atoms with Gasteiger partial charge in [0, 0.05) is 19.3 Å². The molecule has 0 saturated heterocycles. The minimum atomic E-state index is -0.282. The fraction of sp³-hybridized carbons (Fsp3) is 0.300. The number of hydrogen-bond acceptors (Lipinski definition) is 2. The molecule has 0 aromatic heterocycles. The van der Waals surface area contributed by atoms with Crippen LogP contribution in [0.4, 0.5) is 5.69 Å². The summed E-state index contributed by atoms with van der Waals surface area (Å²) in [7, 11) is 1.71. The van der Waals surface area contributed by atoms with Crippen LogP contribution in [0.25, 0.3) is 0 Å². The minimum absolute atomic E-state index is 0.157. The van der Waals surface area contributed by atoms with Crippen molar-refractivity contribution < 1.29 is 9.59 Å². The average Bonchev–Trinajstić information content (AvgIpc) is 2.51. The summed E-state index contributed by atoms with van der Waals surface area (Å²) < 4.78 is 0. The van der Waals surface area contributed by atoms with E-state index >= 15 is 0 Å². The van der Waals surface area contributed by atoms with Gasteiger partial charge in [0.2, 0.25) is 11.8 Å². The summed E-state index contributed by atoms with van der Waals surface area (Å²) in [6, 6.07) is 13.8. The number of carbonyl (C=O) groups is 2. The molecule has 0 saturated carbocycles. The second-order valence-corrected chi connectivity index (χ2v) is 6.23. The summed E-state index contributed by atoms with van der Waals surface area (Å²) in [5.41, 5.74) is 5.00. The number of aryl methyl sites for hydroxylation is 3. The molecule has 2 rings (SSSR count). The molecule has 0 radical (unpaired) electrons. The lowest BCUT2D eigenvalue weighted by Crippen LogP contribution is -2.30. The van der Waals surface area contributed by atoms with Crippen LogP contribution in [0, 0.1) is 20.8 Å². The van der Waals surface area contributed by atoms with Crippen LogP contribution in [-0.2, 0) is 16.1 Å². The molecule has 24 heavy (non-hydrogen) atoms. The lowest BCUT2D eigenvalue weighted by atomic mass is 10.0. The molecule has 1 N–H and O–H groups in total. The summed E-state index contributed by atoms with van der Waals surface area (Å²) in [6.45, 7) is 6.43.